The maximum atomic E-state index is 12.4. The lowest BCUT2D eigenvalue weighted by Crippen LogP contribution is -2.64. The number of unbranched alkanes of at least 4 members (excludes halogenated alkanes) is 12. The highest BCUT2D eigenvalue weighted by Crippen LogP contribution is 2.29. The molecule has 2 rings (SSSR count). The lowest BCUT2D eigenvalue weighted by atomic mass is 9.97. The van der Waals surface area contributed by atoms with Crippen molar-refractivity contribution in [2.45, 2.75) is 165 Å². The van der Waals surface area contributed by atoms with Crippen LogP contribution in [0.5, 0.6) is 0 Å². The minimum absolute atomic E-state index is 0.200. The van der Waals surface area contributed by atoms with E-state index in [2.05, 4.69) is 6.92 Å². The summed E-state index contributed by atoms with van der Waals surface area (Å²) in [5.41, 5.74) is 0. The summed E-state index contributed by atoms with van der Waals surface area (Å²) < 4.78 is 21.4. The zero-order valence-electron chi connectivity index (χ0n) is 23.6. The van der Waals surface area contributed by atoms with Gasteiger partial charge in [0.15, 0.2) is 18.7 Å². The molecule has 2 aliphatic heterocycles. The molecule has 0 aromatic heterocycles. The second-order valence-electron chi connectivity index (χ2n) is 11.0. The maximum absolute atomic E-state index is 12.4. The number of aliphatic hydroxyl groups is 6. The molecule has 2 fully saturated rings. The molecule has 0 aromatic rings. The Morgan fingerprint density at radius 3 is 1.74 bits per heavy atom. The van der Waals surface area contributed by atoms with Crippen LogP contribution < -0.4 is 0 Å². The number of hydrogen-bond donors (Lipinski definition) is 6. The van der Waals surface area contributed by atoms with Crippen molar-refractivity contribution in [2.75, 3.05) is 6.61 Å². The van der Waals surface area contributed by atoms with Gasteiger partial charge in [0.05, 0.1) is 12.7 Å². The number of aliphatic hydroxyl groups excluding tert-OH is 6. The second-order valence-corrected chi connectivity index (χ2v) is 11.0. The van der Waals surface area contributed by atoms with E-state index in [4.69, 9.17) is 18.9 Å². The number of ether oxygens (including phenoxy) is 4. The Labute approximate surface area is 232 Å². The molecular formula is C28H52O11. The molecule has 0 spiro atoms. The van der Waals surface area contributed by atoms with Crippen LogP contribution in [-0.4, -0.2) is 105 Å². The monoisotopic (exact) mass is 564 g/mol. The minimum atomic E-state index is -1.72. The first-order valence-electron chi connectivity index (χ1n) is 14.9. The van der Waals surface area contributed by atoms with E-state index >= 15 is 0 Å². The van der Waals surface area contributed by atoms with E-state index in [0.717, 1.165) is 19.3 Å². The summed E-state index contributed by atoms with van der Waals surface area (Å²) in [6, 6.07) is 0. The Morgan fingerprint density at radius 1 is 0.692 bits per heavy atom. The molecule has 0 amide bonds. The van der Waals surface area contributed by atoms with Crippen LogP contribution in [0.4, 0.5) is 0 Å². The highest BCUT2D eigenvalue weighted by Gasteiger charge is 2.50. The van der Waals surface area contributed by atoms with Crippen LogP contribution in [0.15, 0.2) is 0 Å². The molecule has 39 heavy (non-hydrogen) atoms. The van der Waals surface area contributed by atoms with Gasteiger partial charge in [-0.1, -0.05) is 84.0 Å². The molecule has 0 aliphatic carbocycles. The molecule has 0 saturated carbocycles. The third-order valence-electron chi connectivity index (χ3n) is 7.66. The molecule has 2 heterocycles. The van der Waals surface area contributed by atoms with Crippen molar-refractivity contribution >= 4 is 5.97 Å². The first kappa shape index (κ1) is 34.3. The largest absolute Gasteiger partial charge is 0.457 e. The van der Waals surface area contributed by atoms with E-state index in [1.807, 2.05) is 0 Å². The van der Waals surface area contributed by atoms with Gasteiger partial charge in [-0.15, -0.1) is 0 Å². The van der Waals surface area contributed by atoms with Crippen molar-refractivity contribution in [2.24, 2.45) is 0 Å². The van der Waals surface area contributed by atoms with E-state index in [9.17, 15) is 35.4 Å². The Hall–Kier alpha value is -0.890. The quantitative estimate of drug-likeness (QED) is 0.105. The zero-order valence-corrected chi connectivity index (χ0v) is 23.6. The molecule has 11 nitrogen and oxygen atoms in total. The third kappa shape index (κ3) is 11.1. The Kier molecular flexibility index (Phi) is 16.3. The van der Waals surface area contributed by atoms with Gasteiger partial charge in [-0.2, -0.15) is 0 Å². The lowest BCUT2D eigenvalue weighted by Gasteiger charge is -2.45. The second kappa shape index (κ2) is 18.5. The molecule has 0 radical (unpaired) electrons. The van der Waals surface area contributed by atoms with Crippen molar-refractivity contribution in [3.63, 3.8) is 0 Å². The van der Waals surface area contributed by atoms with Gasteiger partial charge in [0, 0.05) is 6.42 Å². The third-order valence-corrected chi connectivity index (χ3v) is 7.66. The summed E-state index contributed by atoms with van der Waals surface area (Å²) in [5.74, 6) is -0.492. The molecule has 0 aromatic carbocycles. The van der Waals surface area contributed by atoms with Crippen molar-refractivity contribution in [1.82, 2.24) is 0 Å². The normalized spacial score (nSPS) is 35.2. The lowest BCUT2D eigenvalue weighted by molar-refractivity contribution is -0.359. The standard InChI is InChI=1S/C28H52O11/c1-3-4-5-6-7-8-9-10-11-12-13-14-15-16-20(30)38-25-18(2)36-28(24(34)23(25)33)39-26-22(32)21(31)19(17-29)37-27(26)35/h18-19,21-29,31-35H,3-17H2,1-2H3/t18?,19?,21-,22+,23-,24?,25+,26?,27-,28+/m1/s1. The van der Waals surface area contributed by atoms with Crippen LogP contribution in [0.25, 0.3) is 0 Å². The van der Waals surface area contributed by atoms with Gasteiger partial charge in [-0.05, 0) is 13.3 Å². The van der Waals surface area contributed by atoms with Crippen LogP contribution >= 0.6 is 0 Å². The van der Waals surface area contributed by atoms with E-state index in [1.54, 1.807) is 0 Å². The average molecular weight is 565 g/mol. The Balaban J connectivity index is 1.63. The molecule has 4 unspecified atom stereocenters. The summed E-state index contributed by atoms with van der Waals surface area (Å²) in [4.78, 5) is 12.4. The predicted octanol–water partition coefficient (Wildman–Crippen LogP) is 1.66. The van der Waals surface area contributed by atoms with E-state index < -0.39 is 74.0 Å². The molecule has 10 atom stereocenters. The van der Waals surface area contributed by atoms with Gasteiger partial charge in [0.1, 0.15) is 36.6 Å². The van der Waals surface area contributed by atoms with Gasteiger partial charge >= 0.3 is 5.97 Å². The summed E-state index contributed by atoms with van der Waals surface area (Å²) in [6.45, 7) is 3.14. The van der Waals surface area contributed by atoms with Gasteiger partial charge < -0.3 is 49.6 Å². The minimum Gasteiger partial charge on any atom is -0.457 e. The van der Waals surface area contributed by atoms with E-state index in [0.29, 0.717) is 6.42 Å². The molecule has 2 saturated heterocycles. The highest BCUT2D eigenvalue weighted by molar-refractivity contribution is 5.69. The fourth-order valence-corrected chi connectivity index (χ4v) is 5.15. The van der Waals surface area contributed by atoms with E-state index in [1.165, 1.54) is 64.7 Å². The summed E-state index contributed by atoms with van der Waals surface area (Å²) in [5, 5.41) is 60.6. The van der Waals surface area contributed by atoms with Gasteiger partial charge in [-0.25, -0.2) is 0 Å². The van der Waals surface area contributed by atoms with Crippen LogP contribution in [0, 0.1) is 0 Å². The maximum Gasteiger partial charge on any atom is 0.306 e. The average Bonchev–Trinajstić information content (AvgIpc) is 2.91. The number of hydrogen-bond acceptors (Lipinski definition) is 11. The number of carbonyl (C=O) groups excluding carboxylic acids is 1. The molecular weight excluding hydrogens is 512 g/mol. The molecule has 230 valence electrons. The van der Waals surface area contributed by atoms with Crippen molar-refractivity contribution < 1.29 is 54.4 Å². The van der Waals surface area contributed by atoms with Gasteiger partial charge in [0.2, 0.25) is 0 Å². The number of rotatable bonds is 18. The SMILES string of the molecule is CCCCCCCCCCCCCCCC(=O)O[C@H]1C(C)O[C@@H](OC2[C@H](O)OC(CO)[C@@H](O)[C@@H]2O)C(O)[C@H]1O. The van der Waals surface area contributed by atoms with Crippen molar-refractivity contribution in [1.29, 1.82) is 0 Å². The Bertz CT molecular complexity index is 665. The molecule has 2 aliphatic rings. The molecule has 11 heteroatoms. The van der Waals surface area contributed by atoms with Gasteiger partial charge in [0.25, 0.3) is 0 Å². The van der Waals surface area contributed by atoms with Gasteiger partial charge in [-0.3, -0.25) is 4.79 Å². The summed E-state index contributed by atoms with van der Waals surface area (Å²) in [6.07, 6.45) is 1.41. The zero-order chi connectivity index (χ0) is 28.8. The first-order chi connectivity index (χ1) is 18.7. The highest BCUT2D eigenvalue weighted by atomic mass is 16.7. The molecule has 6 N–H and O–H groups in total. The summed E-state index contributed by atoms with van der Waals surface area (Å²) in [7, 11) is 0. The fourth-order valence-electron chi connectivity index (χ4n) is 5.15. The summed E-state index contributed by atoms with van der Waals surface area (Å²) >= 11 is 0. The van der Waals surface area contributed by atoms with Crippen LogP contribution in [-0.2, 0) is 23.7 Å². The Morgan fingerprint density at radius 2 is 1.21 bits per heavy atom. The smallest absolute Gasteiger partial charge is 0.306 e. The van der Waals surface area contributed by atoms with Crippen LogP contribution in [0.3, 0.4) is 0 Å². The topological polar surface area (TPSA) is 175 Å². The van der Waals surface area contributed by atoms with Crippen LogP contribution in [0.2, 0.25) is 0 Å². The number of esters is 1. The van der Waals surface area contributed by atoms with E-state index in [-0.39, 0.29) is 6.42 Å². The number of carbonyl (C=O) groups is 1. The first-order valence-corrected chi connectivity index (χ1v) is 14.9. The van der Waals surface area contributed by atoms with Crippen LogP contribution in [0.1, 0.15) is 104 Å². The van der Waals surface area contributed by atoms with Crippen molar-refractivity contribution in [3.05, 3.63) is 0 Å². The molecule has 0 bridgehead atoms. The predicted molar refractivity (Wildman–Crippen MR) is 141 cm³/mol. The fraction of sp³-hybridized carbons (Fsp3) is 0.964. The van der Waals surface area contributed by atoms with Crippen molar-refractivity contribution in [3.8, 4) is 0 Å².